The van der Waals surface area contributed by atoms with E-state index in [-0.39, 0.29) is 5.91 Å². The van der Waals surface area contributed by atoms with Gasteiger partial charge in [0, 0.05) is 16.4 Å². The van der Waals surface area contributed by atoms with E-state index in [4.69, 9.17) is 4.42 Å². The minimum Gasteiger partial charge on any atom is -0.408 e. The van der Waals surface area contributed by atoms with Crippen molar-refractivity contribution < 1.29 is 9.21 Å². The van der Waals surface area contributed by atoms with Crippen LogP contribution in [0.2, 0.25) is 0 Å². The first kappa shape index (κ1) is 11.8. The number of carbonyl (C=O) groups excluding carboxylic acids is 1. The Kier molecular flexibility index (Phi) is 2.75. The van der Waals surface area contributed by atoms with Crippen LogP contribution < -0.4 is 11.1 Å². The molecule has 3 aromatic rings. The Morgan fingerprint density at radius 3 is 2.89 bits per heavy atom. The molecule has 0 atom stereocenters. The number of nitrogens with one attached hydrogen (secondary N) is 3. The van der Waals surface area contributed by atoms with Gasteiger partial charge in [-0.1, -0.05) is 0 Å². The zero-order valence-electron chi connectivity index (χ0n) is 9.49. The predicted molar refractivity (Wildman–Crippen MR) is 73.3 cm³/mol. The van der Waals surface area contributed by atoms with Gasteiger partial charge in [-0.25, -0.2) is 4.79 Å². The first-order valence-electron chi connectivity index (χ1n) is 5.40. The molecule has 3 N–H and O–H groups in total. The number of fused-ring (bicyclic) bond motifs is 1. The second-order valence-corrected chi connectivity index (χ2v) is 4.83. The molecule has 2 aromatic heterocycles. The van der Waals surface area contributed by atoms with Crippen LogP contribution >= 0.6 is 15.9 Å². The molecule has 0 saturated heterocycles. The van der Waals surface area contributed by atoms with E-state index in [0.29, 0.717) is 22.5 Å². The van der Waals surface area contributed by atoms with E-state index < -0.39 is 5.76 Å². The number of aromatic nitrogens is 2. The quantitative estimate of drug-likeness (QED) is 0.677. The van der Waals surface area contributed by atoms with Crippen LogP contribution in [0.25, 0.3) is 11.1 Å². The van der Waals surface area contributed by atoms with Crippen LogP contribution in [0, 0.1) is 0 Å². The van der Waals surface area contributed by atoms with Crippen molar-refractivity contribution in [1.82, 2.24) is 9.97 Å². The zero-order chi connectivity index (χ0) is 13.4. The third-order valence-corrected chi connectivity index (χ3v) is 3.03. The first-order chi connectivity index (χ1) is 9.11. The zero-order valence-corrected chi connectivity index (χ0v) is 11.1. The van der Waals surface area contributed by atoms with Gasteiger partial charge < -0.3 is 14.7 Å². The molecule has 1 aromatic carbocycles. The highest BCUT2D eigenvalue weighted by Gasteiger charge is 2.09. The second kappa shape index (κ2) is 4.43. The summed E-state index contributed by atoms with van der Waals surface area (Å²) >= 11 is 3.26. The largest absolute Gasteiger partial charge is 0.417 e. The van der Waals surface area contributed by atoms with Gasteiger partial charge >= 0.3 is 5.76 Å². The van der Waals surface area contributed by atoms with Crippen LogP contribution in [0.3, 0.4) is 0 Å². The molecule has 0 aliphatic rings. The molecule has 7 heteroatoms. The van der Waals surface area contributed by atoms with E-state index in [9.17, 15) is 9.59 Å². The third kappa shape index (κ3) is 2.32. The lowest BCUT2D eigenvalue weighted by molar-refractivity contribution is 0.102. The molecule has 0 bridgehead atoms. The summed E-state index contributed by atoms with van der Waals surface area (Å²) in [5, 5.41) is 2.72. The molecule has 0 radical (unpaired) electrons. The van der Waals surface area contributed by atoms with E-state index in [0.717, 1.165) is 4.47 Å². The minimum atomic E-state index is -0.522. The molecule has 0 unspecified atom stereocenters. The lowest BCUT2D eigenvalue weighted by atomic mass is 10.2. The van der Waals surface area contributed by atoms with Gasteiger partial charge in [-0.2, -0.15) is 0 Å². The van der Waals surface area contributed by atoms with Crippen molar-refractivity contribution in [3.8, 4) is 0 Å². The molecule has 0 fully saturated rings. The average molecular weight is 322 g/mol. The maximum absolute atomic E-state index is 11.9. The number of anilines is 1. The number of oxazole rings is 1. The second-order valence-electron chi connectivity index (χ2n) is 3.91. The molecule has 0 aliphatic carbocycles. The standard InChI is InChI=1S/C12H8BrN3O3/c13-6-3-9(14-5-6)11(17)15-7-1-2-10-8(4-7)16-12(18)19-10/h1-5,14H,(H,15,17)(H,16,18). The summed E-state index contributed by atoms with van der Waals surface area (Å²) in [4.78, 5) is 28.3. The maximum Gasteiger partial charge on any atom is 0.417 e. The molecule has 19 heavy (non-hydrogen) atoms. The molecular formula is C12H8BrN3O3. The number of hydrogen-bond acceptors (Lipinski definition) is 3. The smallest absolute Gasteiger partial charge is 0.408 e. The minimum absolute atomic E-state index is 0.268. The van der Waals surface area contributed by atoms with Crippen LogP contribution in [-0.4, -0.2) is 15.9 Å². The summed E-state index contributed by atoms with van der Waals surface area (Å²) in [6.45, 7) is 0. The predicted octanol–water partition coefficient (Wildman–Crippen LogP) is 2.46. The van der Waals surface area contributed by atoms with Crippen LogP contribution in [0.15, 0.2) is 44.1 Å². The fourth-order valence-electron chi connectivity index (χ4n) is 1.73. The van der Waals surface area contributed by atoms with E-state index in [2.05, 4.69) is 31.2 Å². The van der Waals surface area contributed by atoms with Gasteiger partial charge in [-0.3, -0.25) is 9.78 Å². The van der Waals surface area contributed by atoms with Crippen molar-refractivity contribution in [3.05, 3.63) is 51.2 Å². The van der Waals surface area contributed by atoms with Gasteiger partial charge in [0.15, 0.2) is 5.58 Å². The number of benzene rings is 1. The highest BCUT2D eigenvalue weighted by molar-refractivity contribution is 9.10. The molecule has 1 amide bonds. The normalized spacial score (nSPS) is 10.8. The summed E-state index contributed by atoms with van der Waals surface area (Å²) in [7, 11) is 0. The topological polar surface area (TPSA) is 90.9 Å². The first-order valence-corrected chi connectivity index (χ1v) is 6.19. The Bertz CT molecular complexity index is 815. The summed E-state index contributed by atoms with van der Waals surface area (Å²) in [5.41, 5.74) is 1.99. The monoisotopic (exact) mass is 321 g/mol. The van der Waals surface area contributed by atoms with Crippen LogP contribution in [-0.2, 0) is 0 Å². The van der Waals surface area contributed by atoms with Gasteiger partial charge in [0.1, 0.15) is 5.69 Å². The van der Waals surface area contributed by atoms with Gasteiger partial charge in [-0.15, -0.1) is 0 Å². The molecule has 0 spiro atoms. The highest BCUT2D eigenvalue weighted by Crippen LogP contribution is 2.17. The number of carbonyl (C=O) groups is 1. The Hall–Kier alpha value is -2.28. The number of hydrogen-bond donors (Lipinski definition) is 3. The fraction of sp³-hybridized carbons (Fsp3) is 0. The van der Waals surface area contributed by atoms with E-state index in [1.165, 1.54) is 0 Å². The maximum atomic E-state index is 11.9. The number of rotatable bonds is 2. The van der Waals surface area contributed by atoms with Gasteiger partial charge in [0.25, 0.3) is 5.91 Å². The van der Waals surface area contributed by atoms with Gasteiger partial charge in [0.2, 0.25) is 0 Å². The highest BCUT2D eigenvalue weighted by atomic mass is 79.9. The Morgan fingerprint density at radius 2 is 2.16 bits per heavy atom. The SMILES string of the molecule is O=C(Nc1ccc2oc(=O)[nH]c2c1)c1cc(Br)c[nH]1. The Balaban J connectivity index is 1.88. The van der Waals surface area contributed by atoms with Crippen molar-refractivity contribution in [1.29, 1.82) is 0 Å². The van der Waals surface area contributed by atoms with Crippen molar-refractivity contribution in [3.63, 3.8) is 0 Å². The molecule has 3 rings (SSSR count). The van der Waals surface area contributed by atoms with E-state index in [1.54, 1.807) is 30.5 Å². The number of aromatic amines is 2. The molecule has 0 aliphatic heterocycles. The molecule has 2 heterocycles. The van der Waals surface area contributed by atoms with Crippen molar-refractivity contribution >= 4 is 38.6 Å². The number of amides is 1. The number of H-pyrrole nitrogens is 2. The molecule has 0 saturated carbocycles. The van der Waals surface area contributed by atoms with Gasteiger partial charge in [0.05, 0.1) is 5.52 Å². The van der Waals surface area contributed by atoms with Crippen molar-refractivity contribution in [2.45, 2.75) is 0 Å². The molecule has 6 nitrogen and oxygen atoms in total. The van der Waals surface area contributed by atoms with E-state index >= 15 is 0 Å². The number of halogens is 1. The summed E-state index contributed by atoms with van der Waals surface area (Å²) < 4.78 is 5.68. The van der Waals surface area contributed by atoms with Gasteiger partial charge in [-0.05, 0) is 40.2 Å². The van der Waals surface area contributed by atoms with Crippen molar-refractivity contribution in [2.75, 3.05) is 5.32 Å². The molecule has 96 valence electrons. The third-order valence-electron chi connectivity index (χ3n) is 2.57. The molecular weight excluding hydrogens is 314 g/mol. The summed E-state index contributed by atoms with van der Waals surface area (Å²) in [5.74, 6) is -0.789. The van der Waals surface area contributed by atoms with Crippen LogP contribution in [0.5, 0.6) is 0 Å². The fourth-order valence-corrected chi connectivity index (χ4v) is 2.07. The average Bonchev–Trinajstić information content (AvgIpc) is 2.93. The summed E-state index contributed by atoms with van der Waals surface area (Å²) in [6.07, 6.45) is 1.67. The Labute approximate surface area is 114 Å². The summed E-state index contributed by atoms with van der Waals surface area (Å²) in [6, 6.07) is 6.59. The van der Waals surface area contributed by atoms with Crippen molar-refractivity contribution in [2.24, 2.45) is 0 Å². The lowest BCUT2D eigenvalue weighted by Gasteiger charge is -2.02. The van der Waals surface area contributed by atoms with Crippen LogP contribution in [0.4, 0.5) is 5.69 Å². The lowest BCUT2D eigenvalue weighted by Crippen LogP contribution is -2.11. The Morgan fingerprint density at radius 1 is 1.32 bits per heavy atom. The van der Waals surface area contributed by atoms with Crippen LogP contribution in [0.1, 0.15) is 10.5 Å². The van der Waals surface area contributed by atoms with E-state index in [1.807, 2.05) is 0 Å².